The monoisotopic (exact) mass is 314 g/mol. The molecule has 7 heteroatoms. The van der Waals surface area contributed by atoms with Crippen molar-refractivity contribution in [3.63, 3.8) is 0 Å². The number of hydrogen-bond acceptors (Lipinski definition) is 4. The van der Waals surface area contributed by atoms with Crippen LogP contribution < -0.4 is 4.90 Å². The quantitative estimate of drug-likeness (QED) is 0.782. The van der Waals surface area contributed by atoms with Crippen LogP contribution in [0.1, 0.15) is 16.6 Å². The molecule has 1 heterocycles. The Hall–Kier alpha value is -1.89. The summed E-state index contributed by atoms with van der Waals surface area (Å²) >= 11 is 0.974. The van der Waals surface area contributed by atoms with Gasteiger partial charge in [0, 0.05) is 12.1 Å². The van der Waals surface area contributed by atoms with E-state index in [4.69, 9.17) is 0 Å². The van der Waals surface area contributed by atoms with E-state index in [2.05, 4.69) is 4.98 Å². The van der Waals surface area contributed by atoms with Crippen LogP contribution in [0.3, 0.4) is 0 Å². The van der Waals surface area contributed by atoms with Crippen LogP contribution in [0, 0.1) is 0 Å². The van der Waals surface area contributed by atoms with Gasteiger partial charge in [-0.2, -0.15) is 13.2 Å². The molecular weight excluding hydrogens is 301 g/mol. The van der Waals surface area contributed by atoms with Gasteiger partial charge in [0.25, 0.3) is 0 Å². The van der Waals surface area contributed by atoms with Crippen LogP contribution in [0.5, 0.6) is 0 Å². The van der Waals surface area contributed by atoms with Gasteiger partial charge in [-0.05, 0) is 6.92 Å². The molecule has 112 valence electrons. The molecule has 0 unspecified atom stereocenters. The Morgan fingerprint density at radius 2 is 1.95 bits per heavy atom. The zero-order chi connectivity index (χ0) is 15.5. The molecule has 21 heavy (non-hydrogen) atoms. The minimum Gasteiger partial charge on any atom is -0.339 e. The van der Waals surface area contributed by atoms with E-state index in [1.807, 2.05) is 6.07 Å². The van der Waals surface area contributed by atoms with Gasteiger partial charge in [0.2, 0.25) is 0 Å². The van der Waals surface area contributed by atoms with Crippen molar-refractivity contribution in [1.82, 2.24) is 4.98 Å². The third-order valence-corrected chi connectivity index (χ3v) is 3.86. The Kier molecular flexibility index (Phi) is 4.62. The number of aldehydes is 1. The molecule has 0 amide bonds. The van der Waals surface area contributed by atoms with E-state index in [9.17, 15) is 18.0 Å². The van der Waals surface area contributed by atoms with E-state index in [1.54, 1.807) is 31.2 Å². The Bertz CT molecular complexity index is 610. The van der Waals surface area contributed by atoms with Crippen LogP contribution in [0.4, 0.5) is 18.3 Å². The van der Waals surface area contributed by atoms with E-state index >= 15 is 0 Å². The van der Waals surface area contributed by atoms with Crippen LogP contribution in [0.2, 0.25) is 0 Å². The Labute approximate surface area is 124 Å². The minimum atomic E-state index is -4.31. The molecule has 0 aliphatic heterocycles. The molecule has 0 radical (unpaired) electrons. The third kappa shape index (κ3) is 3.81. The summed E-state index contributed by atoms with van der Waals surface area (Å²) in [4.78, 5) is 16.8. The Balaban J connectivity index is 2.38. The fourth-order valence-electron chi connectivity index (χ4n) is 1.87. The second kappa shape index (κ2) is 6.26. The van der Waals surface area contributed by atoms with E-state index in [0.717, 1.165) is 16.2 Å². The first kappa shape index (κ1) is 15.5. The molecule has 1 aromatic carbocycles. The van der Waals surface area contributed by atoms with Gasteiger partial charge in [0.1, 0.15) is 6.54 Å². The van der Waals surface area contributed by atoms with E-state index in [0.29, 0.717) is 22.4 Å². The lowest BCUT2D eigenvalue weighted by molar-refractivity contribution is -0.119. The lowest BCUT2D eigenvalue weighted by atomic mass is 10.1. The van der Waals surface area contributed by atoms with Gasteiger partial charge < -0.3 is 4.90 Å². The average molecular weight is 314 g/mol. The van der Waals surface area contributed by atoms with E-state index < -0.39 is 12.7 Å². The highest BCUT2D eigenvalue weighted by Gasteiger charge is 2.31. The number of nitrogens with zero attached hydrogens (tertiary/aromatic N) is 2. The van der Waals surface area contributed by atoms with Crippen LogP contribution >= 0.6 is 11.3 Å². The standard InChI is InChI=1S/C14H13F3N2OS/c1-2-19(9-14(15,16)17)13-18-12(11(8-20)21-13)10-6-4-3-5-7-10/h3-8H,2,9H2,1H3. The molecule has 2 aromatic rings. The van der Waals surface area contributed by atoms with Gasteiger partial charge in [-0.25, -0.2) is 4.98 Å². The molecular formula is C14H13F3N2OS. The molecule has 0 saturated heterocycles. The van der Waals surface area contributed by atoms with Crippen LogP contribution in [-0.4, -0.2) is 30.5 Å². The summed E-state index contributed by atoms with van der Waals surface area (Å²) in [6.45, 7) is 0.707. The molecule has 0 aliphatic rings. The average Bonchev–Trinajstić information content (AvgIpc) is 2.89. The molecule has 0 saturated carbocycles. The number of carbonyl (C=O) groups is 1. The second-order valence-electron chi connectivity index (χ2n) is 4.32. The molecule has 2 rings (SSSR count). The Morgan fingerprint density at radius 1 is 1.29 bits per heavy atom. The van der Waals surface area contributed by atoms with E-state index in [-0.39, 0.29) is 11.7 Å². The normalized spacial score (nSPS) is 11.4. The van der Waals surface area contributed by atoms with Crippen molar-refractivity contribution >= 4 is 22.8 Å². The smallest absolute Gasteiger partial charge is 0.339 e. The lowest BCUT2D eigenvalue weighted by Crippen LogP contribution is -2.33. The number of thiazole rings is 1. The molecule has 1 aromatic heterocycles. The van der Waals surface area contributed by atoms with Gasteiger partial charge in [-0.1, -0.05) is 41.7 Å². The molecule has 0 atom stereocenters. The lowest BCUT2D eigenvalue weighted by Gasteiger charge is -2.21. The fraction of sp³-hybridized carbons (Fsp3) is 0.286. The number of aromatic nitrogens is 1. The largest absolute Gasteiger partial charge is 0.406 e. The molecule has 0 spiro atoms. The van der Waals surface area contributed by atoms with Gasteiger partial charge in [0.15, 0.2) is 11.4 Å². The number of carbonyl (C=O) groups excluding carboxylic acids is 1. The SMILES string of the molecule is CCN(CC(F)(F)F)c1nc(-c2ccccc2)c(C=O)s1. The number of alkyl halides is 3. The summed E-state index contributed by atoms with van der Waals surface area (Å²) in [5.41, 5.74) is 1.14. The fourth-order valence-corrected chi connectivity index (χ4v) is 2.83. The van der Waals surface area contributed by atoms with Crippen molar-refractivity contribution < 1.29 is 18.0 Å². The van der Waals surface area contributed by atoms with Crippen LogP contribution in [0.15, 0.2) is 30.3 Å². The molecule has 0 N–H and O–H groups in total. The van der Waals surface area contributed by atoms with E-state index in [1.165, 1.54) is 0 Å². The third-order valence-electron chi connectivity index (χ3n) is 2.82. The minimum absolute atomic E-state index is 0.166. The molecule has 0 aliphatic carbocycles. The number of anilines is 1. The van der Waals surface area contributed by atoms with Gasteiger partial charge in [0.05, 0.1) is 10.6 Å². The summed E-state index contributed by atoms with van der Waals surface area (Å²) in [6, 6.07) is 8.93. The van der Waals surface area contributed by atoms with Crippen molar-refractivity contribution in [2.24, 2.45) is 0 Å². The predicted octanol–water partition coefficient (Wildman–Crippen LogP) is 4.01. The van der Waals surface area contributed by atoms with Crippen molar-refractivity contribution in [2.75, 3.05) is 18.0 Å². The first-order chi connectivity index (χ1) is 9.94. The topological polar surface area (TPSA) is 33.2 Å². The summed E-state index contributed by atoms with van der Waals surface area (Å²) in [6.07, 6.45) is -3.68. The van der Waals surface area contributed by atoms with Crippen LogP contribution in [0.25, 0.3) is 11.3 Å². The Morgan fingerprint density at radius 3 is 2.48 bits per heavy atom. The van der Waals surface area contributed by atoms with Crippen LogP contribution in [-0.2, 0) is 0 Å². The maximum absolute atomic E-state index is 12.6. The maximum Gasteiger partial charge on any atom is 0.406 e. The first-order valence-corrected chi connectivity index (χ1v) is 7.09. The first-order valence-electron chi connectivity index (χ1n) is 6.27. The molecule has 0 bridgehead atoms. The molecule has 3 nitrogen and oxygen atoms in total. The van der Waals surface area contributed by atoms with Gasteiger partial charge in [-0.3, -0.25) is 4.79 Å². The summed E-state index contributed by atoms with van der Waals surface area (Å²) in [5, 5.41) is 0.204. The summed E-state index contributed by atoms with van der Waals surface area (Å²) in [5.74, 6) is 0. The van der Waals surface area contributed by atoms with Crippen molar-refractivity contribution in [3.8, 4) is 11.3 Å². The van der Waals surface area contributed by atoms with Crippen molar-refractivity contribution in [2.45, 2.75) is 13.1 Å². The molecule has 0 fully saturated rings. The zero-order valence-electron chi connectivity index (χ0n) is 11.2. The highest BCUT2D eigenvalue weighted by molar-refractivity contribution is 7.17. The summed E-state index contributed by atoms with van der Waals surface area (Å²) < 4.78 is 37.7. The second-order valence-corrected chi connectivity index (χ2v) is 5.33. The predicted molar refractivity (Wildman–Crippen MR) is 76.9 cm³/mol. The summed E-state index contributed by atoms with van der Waals surface area (Å²) in [7, 11) is 0. The zero-order valence-corrected chi connectivity index (χ0v) is 12.0. The number of rotatable bonds is 5. The number of hydrogen-bond donors (Lipinski definition) is 0. The van der Waals surface area contributed by atoms with Gasteiger partial charge >= 0.3 is 6.18 Å². The maximum atomic E-state index is 12.6. The highest BCUT2D eigenvalue weighted by Crippen LogP contribution is 2.33. The van der Waals surface area contributed by atoms with Gasteiger partial charge in [-0.15, -0.1) is 0 Å². The van der Waals surface area contributed by atoms with Crippen molar-refractivity contribution in [1.29, 1.82) is 0 Å². The highest BCUT2D eigenvalue weighted by atomic mass is 32.1. The van der Waals surface area contributed by atoms with Crippen molar-refractivity contribution in [3.05, 3.63) is 35.2 Å². The number of benzene rings is 1. The number of halogens is 3.